The summed E-state index contributed by atoms with van der Waals surface area (Å²) in [6, 6.07) is 19.5. The molecule has 304 valence electrons. The molecule has 15 heteroatoms. The van der Waals surface area contributed by atoms with Gasteiger partial charge >= 0.3 is 0 Å². The molecule has 6 rings (SSSR count). The first-order valence-corrected chi connectivity index (χ1v) is 20.9. The second-order valence-electron chi connectivity index (χ2n) is 14.5. The SMILES string of the molecule is CCOCCn1c(NC2CCN(CCC3(Cc4ccc(OC)cc4)C(=O)N(Cc4cc(OC)c(OC)c(OC)c4)CC3OS(C)(=O)=O)CC2)nc2ccccc21. The summed E-state index contributed by atoms with van der Waals surface area (Å²) in [4.78, 5) is 23.9. The van der Waals surface area contributed by atoms with Crippen LogP contribution in [-0.2, 0) is 43.3 Å². The van der Waals surface area contributed by atoms with Crippen molar-refractivity contribution in [1.82, 2.24) is 19.4 Å². The molecule has 4 aromatic rings. The van der Waals surface area contributed by atoms with E-state index in [0.29, 0.717) is 55.7 Å². The smallest absolute Gasteiger partial charge is 0.264 e. The van der Waals surface area contributed by atoms with Crippen molar-refractivity contribution >= 4 is 33.0 Å². The number of piperidine rings is 1. The minimum Gasteiger partial charge on any atom is -0.497 e. The topological polar surface area (TPSA) is 143 Å². The van der Waals surface area contributed by atoms with Crippen LogP contribution >= 0.6 is 0 Å². The quantitative estimate of drug-likeness (QED) is 0.101. The highest BCUT2D eigenvalue weighted by atomic mass is 32.2. The number of para-hydroxylation sites is 2. The highest BCUT2D eigenvalue weighted by Gasteiger charge is 2.55. The van der Waals surface area contributed by atoms with Gasteiger partial charge in [0.15, 0.2) is 11.5 Å². The first-order chi connectivity index (χ1) is 27.0. The van der Waals surface area contributed by atoms with E-state index in [1.165, 1.54) is 21.3 Å². The van der Waals surface area contributed by atoms with Gasteiger partial charge in [0.05, 0.1) is 57.8 Å². The predicted octanol–water partition coefficient (Wildman–Crippen LogP) is 4.99. The van der Waals surface area contributed by atoms with E-state index < -0.39 is 21.6 Å². The molecule has 1 aromatic heterocycles. The molecular formula is C41H55N5O9S. The first kappa shape index (κ1) is 41.1. The van der Waals surface area contributed by atoms with E-state index in [1.54, 1.807) is 24.1 Å². The molecule has 56 heavy (non-hydrogen) atoms. The zero-order valence-electron chi connectivity index (χ0n) is 33.3. The van der Waals surface area contributed by atoms with Gasteiger partial charge in [0.2, 0.25) is 17.6 Å². The normalized spacial score (nSPS) is 19.4. The van der Waals surface area contributed by atoms with Crippen LogP contribution < -0.4 is 24.3 Å². The molecule has 0 spiro atoms. The number of amides is 1. The van der Waals surface area contributed by atoms with E-state index in [9.17, 15) is 13.2 Å². The summed E-state index contributed by atoms with van der Waals surface area (Å²) in [5.41, 5.74) is 2.47. The Balaban J connectivity index is 1.22. The number of likely N-dealkylation sites (tertiary alicyclic amines) is 2. The molecule has 1 N–H and O–H groups in total. The Kier molecular flexibility index (Phi) is 13.3. The van der Waals surface area contributed by atoms with Crippen LogP contribution in [0.15, 0.2) is 60.7 Å². The van der Waals surface area contributed by atoms with Crippen LogP contribution in [0.2, 0.25) is 0 Å². The van der Waals surface area contributed by atoms with Crippen LogP contribution in [0.5, 0.6) is 23.0 Å². The second kappa shape index (κ2) is 18.1. The molecule has 2 fully saturated rings. The first-order valence-electron chi connectivity index (χ1n) is 19.1. The van der Waals surface area contributed by atoms with Crippen molar-refractivity contribution in [1.29, 1.82) is 0 Å². The van der Waals surface area contributed by atoms with Gasteiger partial charge in [-0.2, -0.15) is 8.42 Å². The van der Waals surface area contributed by atoms with Crippen LogP contribution in [0, 0.1) is 5.41 Å². The number of nitrogens with one attached hydrogen (secondary N) is 1. The number of imidazole rings is 1. The molecule has 0 bridgehead atoms. The van der Waals surface area contributed by atoms with Crippen LogP contribution in [0.1, 0.15) is 37.3 Å². The number of nitrogens with zero attached hydrogens (tertiary/aromatic N) is 4. The monoisotopic (exact) mass is 793 g/mol. The molecule has 0 aliphatic carbocycles. The van der Waals surface area contributed by atoms with Crippen LogP contribution in [0.4, 0.5) is 5.95 Å². The van der Waals surface area contributed by atoms with E-state index in [0.717, 1.165) is 60.3 Å². The maximum absolute atomic E-state index is 14.9. The Hall–Kier alpha value is -4.57. The summed E-state index contributed by atoms with van der Waals surface area (Å²) in [5, 5.41) is 3.71. The van der Waals surface area contributed by atoms with E-state index in [1.807, 2.05) is 49.4 Å². The standard InChI is InChI=1S/C41H55N5O9S/c1-7-54-23-22-46-34-11-9-8-10-33(34)43-40(46)42-31-16-19-44(20-17-31)21-18-41(26-29-12-14-32(50-2)15-13-29)37(55-56(6,48)49)28-45(39(41)47)27-30-24-35(51-3)38(53-5)36(25-30)52-4/h8-15,24-25,31,37H,7,16-23,26-28H2,1-6H3,(H,42,43). The fourth-order valence-corrected chi connectivity index (χ4v) is 8.70. The minimum absolute atomic E-state index is 0.0923. The largest absolute Gasteiger partial charge is 0.497 e. The van der Waals surface area contributed by atoms with Crippen molar-refractivity contribution in [3.8, 4) is 23.0 Å². The lowest BCUT2D eigenvalue weighted by Crippen LogP contribution is -2.47. The Morgan fingerprint density at radius 2 is 1.59 bits per heavy atom. The number of rotatable bonds is 19. The van der Waals surface area contributed by atoms with Gasteiger partial charge < -0.3 is 43.4 Å². The molecule has 2 unspecified atom stereocenters. The van der Waals surface area contributed by atoms with Gasteiger partial charge in [-0.1, -0.05) is 24.3 Å². The fourth-order valence-electron chi connectivity index (χ4n) is 8.03. The molecule has 0 saturated carbocycles. The number of aromatic nitrogens is 2. The lowest BCUT2D eigenvalue weighted by molar-refractivity contribution is -0.138. The van der Waals surface area contributed by atoms with Gasteiger partial charge in [0.25, 0.3) is 10.1 Å². The number of carbonyl (C=O) groups is 1. The Labute approximate surface area is 330 Å². The summed E-state index contributed by atoms with van der Waals surface area (Å²) in [6.45, 7) is 6.43. The Bertz CT molecular complexity index is 2020. The zero-order valence-corrected chi connectivity index (χ0v) is 34.1. The molecule has 2 aliphatic rings. The highest BCUT2D eigenvalue weighted by Crippen LogP contribution is 2.44. The molecule has 1 amide bonds. The van der Waals surface area contributed by atoms with Crippen LogP contribution in [0.25, 0.3) is 11.0 Å². The van der Waals surface area contributed by atoms with Crippen molar-refractivity contribution in [3.63, 3.8) is 0 Å². The molecule has 3 heterocycles. The lowest BCUT2D eigenvalue weighted by Gasteiger charge is -2.37. The third-order valence-electron chi connectivity index (χ3n) is 10.9. The zero-order chi connectivity index (χ0) is 39.9. The van der Waals surface area contributed by atoms with E-state index in [2.05, 4.69) is 20.9 Å². The van der Waals surface area contributed by atoms with Gasteiger partial charge in [0.1, 0.15) is 11.9 Å². The highest BCUT2D eigenvalue weighted by molar-refractivity contribution is 7.86. The Morgan fingerprint density at radius 3 is 2.21 bits per heavy atom. The third-order valence-corrected chi connectivity index (χ3v) is 11.5. The minimum atomic E-state index is -3.93. The van der Waals surface area contributed by atoms with E-state index in [4.69, 9.17) is 32.9 Å². The van der Waals surface area contributed by atoms with Gasteiger partial charge in [-0.05, 0) is 86.7 Å². The fraction of sp³-hybridized carbons (Fsp3) is 0.512. The molecule has 3 aromatic carbocycles. The number of methoxy groups -OCH3 is 4. The number of benzene rings is 3. The summed E-state index contributed by atoms with van der Waals surface area (Å²) < 4.78 is 61.4. The van der Waals surface area contributed by atoms with E-state index >= 15 is 0 Å². The van der Waals surface area contributed by atoms with Crippen molar-refractivity contribution < 1.29 is 41.1 Å². The van der Waals surface area contributed by atoms with Gasteiger partial charge in [-0.15, -0.1) is 0 Å². The maximum Gasteiger partial charge on any atom is 0.264 e. The van der Waals surface area contributed by atoms with Crippen LogP contribution in [0.3, 0.4) is 0 Å². The number of anilines is 1. The van der Waals surface area contributed by atoms with Crippen molar-refractivity contribution in [2.24, 2.45) is 5.41 Å². The predicted molar refractivity (Wildman–Crippen MR) is 214 cm³/mol. The van der Waals surface area contributed by atoms with Crippen molar-refractivity contribution in [2.45, 2.75) is 57.8 Å². The second-order valence-corrected chi connectivity index (χ2v) is 16.1. The molecule has 14 nitrogen and oxygen atoms in total. The number of ether oxygens (including phenoxy) is 5. The third kappa shape index (κ3) is 9.34. The number of fused-ring (bicyclic) bond motifs is 1. The van der Waals surface area contributed by atoms with Crippen molar-refractivity contribution in [3.05, 3.63) is 71.8 Å². The lowest BCUT2D eigenvalue weighted by atomic mass is 9.75. The number of hydrogen-bond donors (Lipinski definition) is 1. The Morgan fingerprint density at radius 1 is 0.893 bits per heavy atom. The summed E-state index contributed by atoms with van der Waals surface area (Å²) in [6.07, 6.45) is 2.57. The molecule has 2 aliphatic heterocycles. The average molecular weight is 794 g/mol. The van der Waals surface area contributed by atoms with Gasteiger partial charge in [0, 0.05) is 45.4 Å². The van der Waals surface area contributed by atoms with Crippen molar-refractivity contribution in [2.75, 3.05) is 79.4 Å². The molecule has 0 radical (unpaired) electrons. The average Bonchev–Trinajstić information content (AvgIpc) is 3.66. The maximum atomic E-state index is 14.9. The number of carbonyl (C=O) groups excluding carboxylic acids is 1. The molecular weight excluding hydrogens is 739 g/mol. The molecule has 2 atom stereocenters. The summed E-state index contributed by atoms with van der Waals surface area (Å²) in [5.74, 6) is 2.73. The number of hydrogen-bond acceptors (Lipinski definition) is 12. The van der Waals surface area contributed by atoms with Gasteiger partial charge in [-0.25, -0.2) is 4.98 Å². The van der Waals surface area contributed by atoms with Crippen LogP contribution in [-0.4, -0.2) is 120 Å². The van der Waals surface area contributed by atoms with E-state index in [-0.39, 0.29) is 31.5 Å². The van der Waals surface area contributed by atoms with Gasteiger partial charge in [-0.3, -0.25) is 8.98 Å². The summed E-state index contributed by atoms with van der Waals surface area (Å²) >= 11 is 0. The molecule has 2 saturated heterocycles. The summed E-state index contributed by atoms with van der Waals surface area (Å²) in [7, 11) is 2.29.